The van der Waals surface area contributed by atoms with Gasteiger partial charge in [0.05, 0.1) is 30.3 Å². The number of nitrogens with zero attached hydrogens (tertiary/aromatic N) is 3. The standard InChI is InChI=1S/C27H38N4O3/c1-3-34-16-27(33)11-9-19-17(12-27)4-5-21-20(19)8-10-26(2)22(21)6-7-23(26)25(32)31-18-14-29-24(13-28)30-15-18/h14-15,17,19-23,33H,3-12,16H2,1-2H3,(H,31,32)/t17-,19+,20-,21-,22+,23-,26+,27-/m1/s1. The molecular weight excluding hydrogens is 428 g/mol. The third-order valence-electron chi connectivity index (χ3n) is 10.0. The minimum atomic E-state index is -0.640. The number of nitrogens with one attached hydrogen (secondary N) is 1. The SMILES string of the molecule is CCOC[C@@]1(O)CC[C@H]2[C@H](CC[C@@H]3[C@@H]2CC[C@]2(C)[C@@H](C(=O)Nc4cnc(C#N)nc4)CC[C@@H]32)C1. The molecule has 4 fully saturated rings. The molecule has 0 bridgehead atoms. The van der Waals surface area contributed by atoms with Crippen molar-refractivity contribution < 1.29 is 14.6 Å². The minimum absolute atomic E-state index is 0.00876. The number of aromatic nitrogens is 2. The second-order valence-corrected chi connectivity index (χ2v) is 11.6. The lowest BCUT2D eigenvalue weighted by Crippen LogP contribution is -2.52. The Morgan fingerprint density at radius 1 is 1.15 bits per heavy atom. The minimum Gasteiger partial charge on any atom is -0.387 e. The Bertz CT molecular complexity index is 946. The van der Waals surface area contributed by atoms with Gasteiger partial charge in [-0.3, -0.25) is 4.79 Å². The van der Waals surface area contributed by atoms with Crippen molar-refractivity contribution in [1.29, 1.82) is 5.26 Å². The molecule has 1 amide bonds. The van der Waals surface area contributed by atoms with Crippen molar-refractivity contribution in [2.75, 3.05) is 18.5 Å². The second-order valence-electron chi connectivity index (χ2n) is 11.6. The molecule has 4 aliphatic rings. The Labute approximate surface area is 202 Å². The second kappa shape index (κ2) is 9.20. The topological polar surface area (TPSA) is 108 Å². The zero-order valence-corrected chi connectivity index (χ0v) is 20.5. The molecule has 1 aromatic rings. The van der Waals surface area contributed by atoms with Crippen LogP contribution >= 0.6 is 0 Å². The lowest BCUT2D eigenvalue weighted by Gasteiger charge is -2.57. The van der Waals surface area contributed by atoms with Gasteiger partial charge in [0.2, 0.25) is 11.7 Å². The van der Waals surface area contributed by atoms with E-state index >= 15 is 0 Å². The number of hydrogen-bond acceptors (Lipinski definition) is 6. The quantitative estimate of drug-likeness (QED) is 0.669. The number of aliphatic hydroxyl groups is 1. The molecule has 0 saturated heterocycles. The Morgan fingerprint density at radius 3 is 2.65 bits per heavy atom. The molecule has 4 aliphatic carbocycles. The number of carbonyl (C=O) groups is 1. The number of nitriles is 1. The number of rotatable bonds is 5. The fourth-order valence-electron chi connectivity index (χ4n) is 8.50. The van der Waals surface area contributed by atoms with Gasteiger partial charge in [-0.2, -0.15) is 5.26 Å². The van der Waals surface area contributed by atoms with Crippen molar-refractivity contribution in [2.45, 2.75) is 77.2 Å². The third kappa shape index (κ3) is 4.13. The molecule has 7 heteroatoms. The van der Waals surface area contributed by atoms with Crippen LogP contribution in [0.15, 0.2) is 12.4 Å². The zero-order chi connectivity index (χ0) is 23.9. The number of ether oxygens (including phenoxy) is 1. The van der Waals surface area contributed by atoms with Crippen molar-refractivity contribution in [3.63, 3.8) is 0 Å². The molecule has 4 saturated carbocycles. The van der Waals surface area contributed by atoms with Crippen LogP contribution in [0.4, 0.5) is 5.69 Å². The highest BCUT2D eigenvalue weighted by atomic mass is 16.5. The largest absolute Gasteiger partial charge is 0.387 e. The van der Waals surface area contributed by atoms with Gasteiger partial charge in [-0.15, -0.1) is 0 Å². The molecule has 5 rings (SSSR count). The molecule has 0 spiro atoms. The average Bonchev–Trinajstić information content (AvgIpc) is 3.20. The van der Waals surface area contributed by atoms with Crippen LogP contribution in [0.3, 0.4) is 0 Å². The normalized spacial score (nSPS) is 41.0. The maximum Gasteiger partial charge on any atom is 0.232 e. The van der Waals surface area contributed by atoms with Gasteiger partial charge in [-0.1, -0.05) is 6.92 Å². The van der Waals surface area contributed by atoms with Gasteiger partial charge >= 0.3 is 0 Å². The maximum absolute atomic E-state index is 13.3. The predicted molar refractivity (Wildman–Crippen MR) is 127 cm³/mol. The van der Waals surface area contributed by atoms with Crippen LogP contribution in [0.5, 0.6) is 0 Å². The predicted octanol–water partition coefficient (Wildman–Crippen LogP) is 4.32. The molecule has 0 unspecified atom stereocenters. The molecular formula is C27H38N4O3. The molecule has 8 atom stereocenters. The number of fused-ring (bicyclic) bond motifs is 5. The van der Waals surface area contributed by atoms with E-state index < -0.39 is 5.60 Å². The first-order valence-corrected chi connectivity index (χ1v) is 13.2. The first kappa shape index (κ1) is 23.7. The van der Waals surface area contributed by atoms with Crippen LogP contribution in [0.2, 0.25) is 0 Å². The average molecular weight is 467 g/mol. The van der Waals surface area contributed by atoms with Gasteiger partial charge in [0, 0.05) is 12.5 Å². The fraction of sp³-hybridized carbons (Fsp3) is 0.778. The van der Waals surface area contributed by atoms with Crippen LogP contribution in [0, 0.1) is 52.3 Å². The molecule has 7 nitrogen and oxygen atoms in total. The summed E-state index contributed by atoms with van der Waals surface area (Å²) in [5, 5.41) is 23.0. The first-order valence-electron chi connectivity index (χ1n) is 13.2. The smallest absolute Gasteiger partial charge is 0.232 e. The number of amides is 1. The fourth-order valence-corrected chi connectivity index (χ4v) is 8.50. The maximum atomic E-state index is 13.3. The van der Waals surface area contributed by atoms with Crippen molar-refractivity contribution in [3.05, 3.63) is 18.2 Å². The highest BCUT2D eigenvalue weighted by Crippen LogP contribution is 2.64. The summed E-state index contributed by atoms with van der Waals surface area (Å²) in [6.45, 7) is 5.48. The Balaban J connectivity index is 1.25. The van der Waals surface area contributed by atoms with Gasteiger partial charge in [0.1, 0.15) is 6.07 Å². The summed E-state index contributed by atoms with van der Waals surface area (Å²) >= 11 is 0. The molecule has 2 N–H and O–H groups in total. The third-order valence-corrected chi connectivity index (χ3v) is 10.0. The lowest BCUT2D eigenvalue weighted by atomic mass is 9.49. The van der Waals surface area contributed by atoms with E-state index in [-0.39, 0.29) is 23.1 Å². The number of anilines is 1. The van der Waals surface area contributed by atoms with Gasteiger partial charge in [0.25, 0.3) is 0 Å². The van der Waals surface area contributed by atoms with E-state index in [9.17, 15) is 9.90 Å². The van der Waals surface area contributed by atoms with Gasteiger partial charge in [-0.25, -0.2) is 9.97 Å². The first-order chi connectivity index (χ1) is 16.4. The van der Waals surface area contributed by atoms with Gasteiger partial charge < -0.3 is 15.2 Å². The Kier molecular flexibility index (Phi) is 6.41. The van der Waals surface area contributed by atoms with E-state index in [1.165, 1.54) is 31.7 Å². The highest BCUT2D eigenvalue weighted by molar-refractivity contribution is 5.93. The number of hydrogen-bond donors (Lipinski definition) is 2. The van der Waals surface area contributed by atoms with E-state index in [0.717, 1.165) is 44.4 Å². The van der Waals surface area contributed by atoms with Crippen LogP contribution < -0.4 is 5.32 Å². The Morgan fingerprint density at radius 2 is 1.91 bits per heavy atom. The summed E-state index contributed by atoms with van der Waals surface area (Å²) in [6.07, 6.45) is 12.7. The van der Waals surface area contributed by atoms with Crippen LogP contribution in [-0.2, 0) is 9.53 Å². The van der Waals surface area contributed by atoms with Gasteiger partial charge in [0.15, 0.2) is 0 Å². The molecule has 184 valence electrons. The summed E-state index contributed by atoms with van der Waals surface area (Å²) in [7, 11) is 0. The van der Waals surface area contributed by atoms with Crippen LogP contribution in [0.1, 0.15) is 77.5 Å². The van der Waals surface area contributed by atoms with Crippen molar-refractivity contribution in [2.24, 2.45) is 40.9 Å². The van der Waals surface area contributed by atoms with Crippen molar-refractivity contribution >= 4 is 11.6 Å². The Hall–Kier alpha value is -2.04. The number of carbonyl (C=O) groups excluding carboxylic acids is 1. The molecule has 0 aliphatic heterocycles. The molecule has 34 heavy (non-hydrogen) atoms. The van der Waals surface area contributed by atoms with Gasteiger partial charge in [-0.05, 0) is 99.7 Å². The molecule has 0 radical (unpaired) electrons. The summed E-state index contributed by atoms with van der Waals surface area (Å²) in [5.74, 6) is 3.56. The highest BCUT2D eigenvalue weighted by Gasteiger charge is 2.59. The van der Waals surface area contributed by atoms with Crippen molar-refractivity contribution in [1.82, 2.24) is 9.97 Å². The van der Waals surface area contributed by atoms with Crippen LogP contribution in [-0.4, -0.2) is 39.8 Å². The van der Waals surface area contributed by atoms with E-state index in [0.29, 0.717) is 42.6 Å². The van der Waals surface area contributed by atoms with E-state index in [1.54, 1.807) is 0 Å². The van der Waals surface area contributed by atoms with Crippen molar-refractivity contribution in [3.8, 4) is 6.07 Å². The summed E-state index contributed by atoms with van der Waals surface area (Å²) in [5.41, 5.74) is -0.0404. The van der Waals surface area contributed by atoms with E-state index in [4.69, 9.17) is 10.00 Å². The van der Waals surface area contributed by atoms with E-state index in [2.05, 4.69) is 22.2 Å². The summed E-state index contributed by atoms with van der Waals surface area (Å²) in [4.78, 5) is 21.3. The summed E-state index contributed by atoms with van der Waals surface area (Å²) in [6, 6.07) is 1.91. The van der Waals surface area contributed by atoms with Crippen LogP contribution in [0.25, 0.3) is 0 Å². The molecule has 0 aromatic carbocycles. The lowest BCUT2D eigenvalue weighted by molar-refractivity contribution is -0.135. The van der Waals surface area contributed by atoms with E-state index in [1.807, 2.05) is 13.0 Å². The zero-order valence-electron chi connectivity index (χ0n) is 20.5. The monoisotopic (exact) mass is 466 g/mol. The molecule has 1 aromatic heterocycles. The summed E-state index contributed by atoms with van der Waals surface area (Å²) < 4.78 is 5.61. The molecule has 1 heterocycles.